The van der Waals surface area contributed by atoms with E-state index >= 15 is 0 Å². The Morgan fingerprint density at radius 3 is 1.55 bits per heavy atom. The highest BCUT2D eigenvalue weighted by molar-refractivity contribution is 5.66. The first kappa shape index (κ1) is 28.4. The van der Waals surface area contributed by atoms with Crippen LogP contribution in [0.4, 0.5) is 0 Å². The standard InChI is InChI=1S/C25H51NO3/c1-5-7-8-9-10-11-12-13-14-15-16-17-18-19-21-25(29,6-2)23-26(3,4)22-20-24(27)28/h29H,5-23H2,1-4H3/p+1. The lowest BCUT2D eigenvalue weighted by Gasteiger charge is -2.38. The molecule has 0 aromatic rings. The fraction of sp³-hybridized carbons (Fsp3) is 0.960. The van der Waals surface area contributed by atoms with Crippen LogP contribution in [0.3, 0.4) is 0 Å². The lowest BCUT2D eigenvalue weighted by atomic mass is 9.91. The number of carbonyl (C=O) groups is 1. The molecular formula is C25H52NO3+. The van der Waals surface area contributed by atoms with Crippen LogP contribution in [0, 0.1) is 0 Å². The third-order valence-corrected chi connectivity index (χ3v) is 6.31. The van der Waals surface area contributed by atoms with Gasteiger partial charge in [0.25, 0.3) is 0 Å². The van der Waals surface area contributed by atoms with Crippen LogP contribution in [0.1, 0.15) is 123 Å². The van der Waals surface area contributed by atoms with E-state index in [9.17, 15) is 9.90 Å². The Morgan fingerprint density at radius 1 is 0.759 bits per heavy atom. The van der Waals surface area contributed by atoms with Crippen molar-refractivity contribution in [2.24, 2.45) is 0 Å². The molecule has 4 nitrogen and oxygen atoms in total. The van der Waals surface area contributed by atoms with Crippen LogP contribution < -0.4 is 0 Å². The fourth-order valence-corrected chi connectivity index (χ4v) is 4.29. The highest BCUT2D eigenvalue weighted by Gasteiger charge is 2.33. The zero-order valence-electron chi connectivity index (χ0n) is 20.2. The number of unbranched alkanes of at least 4 members (excludes halogenated alkanes) is 13. The Labute approximate surface area is 181 Å². The molecule has 0 rings (SSSR count). The van der Waals surface area contributed by atoms with Gasteiger partial charge in [-0.25, -0.2) is 0 Å². The Balaban J connectivity index is 3.69. The maximum Gasteiger partial charge on any atom is 0.309 e. The number of hydrogen-bond donors (Lipinski definition) is 2. The number of aliphatic hydroxyl groups is 1. The molecule has 1 atom stereocenters. The second-order valence-electron chi connectivity index (χ2n) is 9.89. The smallest absolute Gasteiger partial charge is 0.309 e. The SMILES string of the molecule is CCCCCCCCCCCCCCCCC(O)(CC)C[N+](C)(C)CCC(=O)O. The van der Waals surface area contributed by atoms with Crippen molar-refractivity contribution in [2.75, 3.05) is 27.2 Å². The Bertz CT molecular complexity index is 398. The molecule has 0 aromatic heterocycles. The van der Waals surface area contributed by atoms with Gasteiger partial charge in [-0.05, 0) is 12.8 Å². The number of carboxylic acids is 1. The van der Waals surface area contributed by atoms with Gasteiger partial charge in [-0.15, -0.1) is 0 Å². The van der Waals surface area contributed by atoms with Crippen LogP contribution in [0.5, 0.6) is 0 Å². The molecular weight excluding hydrogens is 362 g/mol. The van der Waals surface area contributed by atoms with E-state index in [2.05, 4.69) is 6.92 Å². The van der Waals surface area contributed by atoms with E-state index in [1.807, 2.05) is 21.0 Å². The normalized spacial score (nSPS) is 14.1. The first-order valence-electron chi connectivity index (χ1n) is 12.5. The topological polar surface area (TPSA) is 57.5 Å². The summed E-state index contributed by atoms with van der Waals surface area (Å²) in [7, 11) is 4.05. The molecule has 0 aromatic carbocycles. The van der Waals surface area contributed by atoms with E-state index in [-0.39, 0.29) is 6.42 Å². The molecule has 29 heavy (non-hydrogen) atoms. The minimum Gasteiger partial charge on any atom is -0.481 e. The van der Waals surface area contributed by atoms with E-state index in [1.54, 1.807) is 0 Å². The van der Waals surface area contributed by atoms with Gasteiger partial charge in [0.1, 0.15) is 12.1 Å². The van der Waals surface area contributed by atoms with Gasteiger partial charge in [-0.3, -0.25) is 4.79 Å². The fourth-order valence-electron chi connectivity index (χ4n) is 4.29. The van der Waals surface area contributed by atoms with Gasteiger partial charge < -0.3 is 14.7 Å². The molecule has 0 heterocycles. The lowest BCUT2D eigenvalue weighted by Crippen LogP contribution is -2.52. The van der Waals surface area contributed by atoms with E-state index in [4.69, 9.17) is 5.11 Å². The molecule has 0 bridgehead atoms. The second-order valence-corrected chi connectivity index (χ2v) is 9.89. The summed E-state index contributed by atoms with van der Waals surface area (Å²) in [6.45, 7) is 5.52. The van der Waals surface area contributed by atoms with Gasteiger partial charge in [0.2, 0.25) is 0 Å². The molecule has 0 saturated carbocycles. The van der Waals surface area contributed by atoms with Gasteiger partial charge in [0, 0.05) is 0 Å². The monoisotopic (exact) mass is 414 g/mol. The number of hydrogen-bond acceptors (Lipinski definition) is 2. The third kappa shape index (κ3) is 17.9. The summed E-state index contributed by atoms with van der Waals surface area (Å²) < 4.78 is 0.565. The van der Waals surface area contributed by atoms with Crippen molar-refractivity contribution in [3.05, 3.63) is 0 Å². The second kappa shape index (κ2) is 17.1. The van der Waals surface area contributed by atoms with Crippen LogP contribution in [0.2, 0.25) is 0 Å². The molecule has 4 heteroatoms. The average Bonchev–Trinajstić information content (AvgIpc) is 2.66. The average molecular weight is 415 g/mol. The van der Waals surface area contributed by atoms with Crippen molar-refractivity contribution < 1.29 is 19.5 Å². The van der Waals surface area contributed by atoms with E-state index in [0.29, 0.717) is 17.6 Å². The zero-order chi connectivity index (χ0) is 22.0. The molecule has 2 N–H and O–H groups in total. The molecule has 1 unspecified atom stereocenters. The predicted octanol–water partition coefficient (Wildman–Crippen LogP) is 6.55. The first-order valence-corrected chi connectivity index (χ1v) is 12.5. The highest BCUT2D eigenvalue weighted by Crippen LogP contribution is 2.23. The lowest BCUT2D eigenvalue weighted by molar-refractivity contribution is -0.896. The van der Waals surface area contributed by atoms with E-state index < -0.39 is 11.6 Å². The summed E-state index contributed by atoms with van der Waals surface area (Å²) in [5.41, 5.74) is -0.668. The van der Waals surface area contributed by atoms with Gasteiger partial charge >= 0.3 is 5.97 Å². The predicted molar refractivity (Wildman–Crippen MR) is 124 cm³/mol. The van der Waals surface area contributed by atoms with Crippen LogP contribution >= 0.6 is 0 Å². The van der Waals surface area contributed by atoms with Gasteiger partial charge in [-0.2, -0.15) is 0 Å². The van der Waals surface area contributed by atoms with Crippen LogP contribution in [0.15, 0.2) is 0 Å². The quantitative estimate of drug-likeness (QED) is 0.165. The molecule has 0 spiro atoms. The van der Waals surface area contributed by atoms with Crippen LogP contribution in [-0.4, -0.2) is 53.5 Å². The summed E-state index contributed by atoms with van der Waals surface area (Å²) >= 11 is 0. The molecule has 0 aliphatic rings. The summed E-state index contributed by atoms with van der Waals surface area (Å²) in [5.74, 6) is -0.761. The number of rotatable bonds is 21. The van der Waals surface area contributed by atoms with Crippen molar-refractivity contribution in [1.82, 2.24) is 0 Å². The molecule has 174 valence electrons. The molecule has 0 radical (unpaired) electrons. The van der Waals surface area contributed by atoms with Gasteiger partial charge in [0.15, 0.2) is 0 Å². The largest absolute Gasteiger partial charge is 0.481 e. The van der Waals surface area contributed by atoms with E-state index in [1.165, 1.54) is 83.5 Å². The van der Waals surface area contributed by atoms with E-state index in [0.717, 1.165) is 19.3 Å². The van der Waals surface area contributed by atoms with Gasteiger partial charge in [0.05, 0.1) is 27.1 Å². The maximum absolute atomic E-state index is 10.9. The number of likely N-dealkylation sites (N-methyl/N-ethyl adjacent to an activating group) is 1. The van der Waals surface area contributed by atoms with Crippen molar-refractivity contribution in [2.45, 2.75) is 129 Å². The minimum atomic E-state index is -0.761. The summed E-state index contributed by atoms with van der Waals surface area (Å²) in [6, 6.07) is 0. The number of carboxylic acid groups (broad SMARTS) is 1. The highest BCUT2D eigenvalue weighted by atomic mass is 16.4. The third-order valence-electron chi connectivity index (χ3n) is 6.31. The molecule has 0 aliphatic carbocycles. The Kier molecular flexibility index (Phi) is 16.7. The van der Waals surface area contributed by atoms with Crippen molar-refractivity contribution in [3.63, 3.8) is 0 Å². The number of aliphatic carboxylic acids is 1. The first-order chi connectivity index (χ1) is 13.7. The van der Waals surface area contributed by atoms with Crippen LogP contribution in [0.25, 0.3) is 0 Å². The minimum absolute atomic E-state index is 0.158. The van der Waals surface area contributed by atoms with Crippen molar-refractivity contribution in [1.29, 1.82) is 0 Å². The molecule has 0 amide bonds. The zero-order valence-corrected chi connectivity index (χ0v) is 20.2. The Hall–Kier alpha value is -0.610. The Morgan fingerprint density at radius 2 is 1.17 bits per heavy atom. The van der Waals surface area contributed by atoms with Crippen molar-refractivity contribution in [3.8, 4) is 0 Å². The maximum atomic E-state index is 10.9. The molecule has 0 saturated heterocycles. The molecule has 0 fully saturated rings. The van der Waals surface area contributed by atoms with Crippen molar-refractivity contribution >= 4 is 5.97 Å². The van der Waals surface area contributed by atoms with Gasteiger partial charge in [-0.1, -0.05) is 104 Å². The number of quaternary nitrogens is 1. The summed E-state index contributed by atoms with van der Waals surface area (Å²) in [4.78, 5) is 10.8. The number of nitrogens with zero attached hydrogens (tertiary/aromatic N) is 1. The summed E-state index contributed by atoms with van der Waals surface area (Å²) in [6.07, 6.45) is 20.5. The molecule has 0 aliphatic heterocycles. The van der Waals surface area contributed by atoms with Crippen LogP contribution in [-0.2, 0) is 4.79 Å². The summed E-state index contributed by atoms with van der Waals surface area (Å²) in [5, 5.41) is 19.9.